The molecule has 0 aromatic heterocycles. The lowest BCUT2D eigenvalue weighted by molar-refractivity contribution is -0.384. The third-order valence-corrected chi connectivity index (χ3v) is 4.02. The van der Waals surface area contributed by atoms with E-state index in [1.54, 1.807) is 19.2 Å². The Balaban J connectivity index is 2.04. The Labute approximate surface area is 152 Å². The van der Waals surface area contributed by atoms with Gasteiger partial charge in [-0.2, -0.15) is 0 Å². The van der Waals surface area contributed by atoms with Gasteiger partial charge in [0.1, 0.15) is 5.69 Å². The monoisotopic (exact) mass is 357 g/mol. The highest BCUT2D eigenvalue weighted by Crippen LogP contribution is 2.25. The number of ether oxygens (including phenoxy) is 1. The van der Waals surface area contributed by atoms with Gasteiger partial charge in [0.05, 0.1) is 11.5 Å². The molecule has 0 heterocycles. The molecule has 1 atom stereocenters. The van der Waals surface area contributed by atoms with Crippen LogP contribution in [-0.4, -0.2) is 37.6 Å². The molecule has 2 N–H and O–H groups in total. The van der Waals surface area contributed by atoms with Crippen molar-refractivity contribution in [1.82, 2.24) is 5.32 Å². The lowest BCUT2D eigenvalue weighted by Crippen LogP contribution is -2.27. The van der Waals surface area contributed by atoms with Gasteiger partial charge in [0, 0.05) is 31.8 Å². The van der Waals surface area contributed by atoms with Crippen LogP contribution in [0.25, 0.3) is 0 Å². The predicted molar refractivity (Wildman–Crippen MR) is 101 cm³/mol. The Kier molecular flexibility index (Phi) is 7.11. The summed E-state index contributed by atoms with van der Waals surface area (Å²) in [7, 11) is 1.56. The molecular weight excluding hydrogens is 334 g/mol. The average molecular weight is 357 g/mol. The standard InChI is InChI=1S/C19H23N3O4/c1-14(15-6-4-3-5-7-15)13-21-19(23)16-8-9-17(20-10-11-26-2)18(12-16)22(24)25/h3-9,12,14,20H,10-11,13H2,1-2H3,(H,21,23). The summed E-state index contributed by atoms with van der Waals surface area (Å²) in [6.45, 7) is 3.33. The number of hydrogen-bond donors (Lipinski definition) is 2. The molecule has 0 bridgehead atoms. The van der Waals surface area contributed by atoms with E-state index in [2.05, 4.69) is 10.6 Å². The van der Waals surface area contributed by atoms with Crippen molar-refractivity contribution in [2.75, 3.05) is 32.1 Å². The molecule has 0 radical (unpaired) electrons. The Morgan fingerprint density at radius 2 is 1.96 bits per heavy atom. The highest BCUT2D eigenvalue weighted by molar-refractivity contribution is 5.95. The summed E-state index contributed by atoms with van der Waals surface area (Å²) in [5.41, 5.74) is 1.61. The number of rotatable bonds is 9. The van der Waals surface area contributed by atoms with Crippen LogP contribution in [0.3, 0.4) is 0 Å². The van der Waals surface area contributed by atoms with Gasteiger partial charge < -0.3 is 15.4 Å². The minimum Gasteiger partial charge on any atom is -0.383 e. The third-order valence-electron chi connectivity index (χ3n) is 4.02. The maximum atomic E-state index is 12.4. The third kappa shape index (κ3) is 5.29. The Bertz CT molecular complexity index is 750. The minimum absolute atomic E-state index is 0.134. The van der Waals surface area contributed by atoms with Crippen molar-refractivity contribution in [2.24, 2.45) is 0 Å². The zero-order chi connectivity index (χ0) is 18.9. The molecule has 2 aromatic rings. The SMILES string of the molecule is COCCNc1ccc(C(=O)NCC(C)c2ccccc2)cc1[N+](=O)[O-]. The lowest BCUT2D eigenvalue weighted by Gasteiger charge is -2.13. The second kappa shape index (κ2) is 9.53. The summed E-state index contributed by atoms with van der Waals surface area (Å²) >= 11 is 0. The second-order valence-corrected chi connectivity index (χ2v) is 5.93. The van der Waals surface area contributed by atoms with E-state index in [0.717, 1.165) is 5.56 Å². The largest absolute Gasteiger partial charge is 0.383 e. The summed E-state index contributed by atoms with van der Waals surface area (Å²) < 4.78 is 4.92. The molecule has 0 aliphatic rings. The normalized spacial score (nSPS) is 11.6. The number of benzene rings is 2. The Hall–Kier alpha value is -2.93. The summed E-state index contributed by atoms with van der Waals surface area (Å²) in [5.74, 6) is -0.190. The van der Waals surface area contributed by atoms with Gasteiger partial charge in [-0.25, -0.2) is 0 Å². The van der Waals surface area contributed by atoms with Crippen LogP contribution >= 0.6 is 0 Å². The molecule has 0 aliphatic carbocycles. The van der Waals surface area contributed by atoms with Gasteiger partial charge in [-0.3, -0.25) is 14.9 Å². The van der Waals surface area contributed by atoms with Crippen LogP contribution in [0.15, 0.2) is 48.5 Å². The topological polar surface area (TPSA) is 93.5 Å². The highest BCUT2D eigenvalue weighted by Gasteiger charge is 2.18. The van der Waals surface area contributed by atoms with Crippen LogP contribution in [0.5, 0.6) is 0 Å². The van der Waals surface area contributed by atoms with Crippen molar-refractivity contribution < 1.29 is 14.5 Å². The average Bonchev–Trinajstić information content (AvgIpc) is 2.66. The van der Waals surface area contributed by atoms with Crippen molar-refractivity contribution in [3.05, 3.63) is 69.8 Å². The molecular formula is C19H23N3O4. The summed E-state index contributed by atoms with van der Waals surface area (Å²) in [6, 6.07) is 14.3. The van der Waals surface area contributed by atoms with Crippen LogP contribution < -0.4 is 10.6 Å². The first-order valence-electron chi connectivity index (χ1n) is 8.37. The molecule has 1 amide bonds. The molecule has 0 saturated heterocycles. The Morgan fingerprint density at radius 1 is 1.23 bits per heavy atom. The smallest absolute Gasteiger partial charge is 0.293 e. The zero-order valence-electron chi connectivity index (χ0n) is 14.9. The molecule has 0 saturated carbocycles. The van der Waals surface area contributed by atoms with Gasteiger partial charge in [-0.15, -0.1) is 0 Å². The number of nitro groups is 1. The van der Waals surface area contributed by atoms with E-state index in [1.807, 2.05) is 37.3 Å². The number of hydrogen-bond acceptors (Lipinski definition) is 5. The molecule has 0 aliphatic heterocycles. The maximum Gasteiger partial charge on any atom is 0.293 e. The number of nitro benzene ring substituents is 1. The fraction of sp³-hybridized carbons (Fsp3) is 0.316. The first kappa shape index (κ1) is 19.4. The fourth-order valence-corrected chi connectivity index (χ4v) is 2.51. The predicted octanol–water partition coefficient (Wildman–Crippen LogP) is 3.19. The number of methoxy groups -OCH3 is 1. The van der Waals surface area contributed by atoms with Crippen molar-refractivity contribution in [3.63, 3.8) is 0 Å². The first-order valence-corrected chi connectivity index (χ1v) is 8.37. The zero-order valence-corrected chi connectivity index (χ0v) is 14.9. The number of anilines is 1. The maximum absolute atomic E-state index is 12.4. The first-order chi connectivity index (χ1) is 12.5. The van der Waals surface area contributed by atoms with E-state index in [1.165, 1.54) is 6.07 Å². The van der Waals surface area contributed by atoms with Crippen LogP contribution in [0, 0.1) is 10.1 Å². The molecule has 0 spiro atoms. The fourth-order valence-electron chi connectivity index (χ4n) is 2.51. The number of carbonyl (C=O) groups excluding carboxylic acids is 1. The number of amides is 1. The highest BCUT2D eigenvalue weighted by atomic mass is 16.6. The van der Waals surface area contributed by atoms with E-state index in [4.69, 9.17) is 4.74 Å². The van der Waals surface area contributed by atoms with E-state index in [-0.39, 0.29) is 23.1 Å². The lowest BCUT2D eigenvalue weighted by atomic mass is 10.0. The minimum atomic E-state index is -0.501. The Morgan fingerprint density at radius 3 is 2.62 bits per heavy atom. The summed E-state index contributed by atoms with van der Waals surface area (Å²) in [6.07, 6.45) is 0. The van der Waals surface area contributed by atoms with Gasteiger partial charge >= 0.3 is 0 Å². The number of carbonyl (C=O) groups is 1. The van der Waals surface area contributed by atoms with Crippen LogP contribution in [-0.2, 0) is 4.74 Å². The van der Waals surface area contributed by atoms with Gasteiger partial charge in [0.2, 0.25) is 0 Å². The van der Waals surface area contributed by atoms with Gasteiger partial charge in [-0.05, 0) is 23.6 Å². The van der Waals surface area contributed by atoms with E-state index in [9.17, 15) is 14.9 Å². The molecule has 7 nitrogen and oxygen atoms in total. The van der Waals surface area contributed by atoms with E-state index in [0.29, 0.717) is 25.4 Å². The molecule has 138 valence electrons. The van der Waals surface area contributed by atoms with Gasteiger partial charge in [0.25, 0.3) is 11.6 Å². The number of nitrogens with one attached hydrogen (secondary N) is 2. The molecule has 26 heavy (non-hydrogen) atoms. The van der Waals surface area contributed by atoms with Crippen molar-refractivity contribution in [1.29, 1.82) is 0 Å². The molecule has 1 unspecified atom stereocenters. The van der Waals surface area contributed by atoms with Crippen LogP contribution in [0.2, 0.25) is 0 Å². The van der Waals surface area contributed by atoms with Crippen LogP contribution in [0.1, 0.15) is 28.8 Å². The van der Waals surface area contributed by atoms with Gasteiger partial charge in [-0.1, -0.05) is 37.3 Å². The van der Waals surface area contributed by atoms with Gasteiger partial charge in [0.15, 0.2) is 0 Å². The molecule has 2 aromatic carbocycles. The molecule has 7 heteroatoms. The van der Waals surface area contributed by atoms with Crippen LogP contribution in [0.4, 0.5) is 11.4 Å². The van der Waals surface area contributed by atoms with Crippen molar-refractivity contribution in [3.8, 4) is 0 Å². The summed E-state index contributed by atoms with van der Waals surface area (Å²) in [5, 5.41) is 17.1. The second-order valence-electron chi connectivity index (χ2n) is 5.93. The molecule has 0 fully saturated rings. The van der Waals surface area contributed by atoms with E-state index >= 15 is 0 Å². The van der Waals surface area contributed by atoms with Crippen molar-refractivity contribution in [2.45, 2.75) is 12.8 Å². The van der Waals surface area contributed by atoms with E-state index < -0.39 is 4.92 Å². The number of nitrogens with zero attached hydrogens (tertiary/aromatic N) is 1. The molecule has 2 rings (SSSR count). The van der Waals surface area contributed by atoms with Crippen molar-refractivity contribution >= 4 is 17.3 Å². The summed E-state index contributed by atoms with van der Waals surface area (Å²) in [4.78, 5) is 23.1. The quantitative estimate of drug-likeness (QED) is 0.408.